The largest absolute Gasteiger partial charge is 0.507 e. The van der Waals surface area contributed by atoms with Crippen LogP contribution in [0.3, 0.4) is 0 Å². The van der Waals surface area contributed by atoms with Gasteiger partial charge in [0.25, 0.3) is 0 Å². The SMILES string of the molecule is O=C1C=C(Br)C(=O)C2=C1C(c1ccc(O)c3ccccc13)C1=CCC3C(=O)N(c4ccccc4)C(=O)C3C1C2. The minimum Gasteiger partial charge on any atom is -0.507 e. The van der Waals surface area contributed by atoms with Gasteiger partial charge in [-0.15, -0.1) is 0 Å². The number of Topliss-reactive ketones (excluding diaryl/α,β-unsaturated/α-hetero) is 1. The van der Waals surface area contributed by atoms with Crippen molar-refractivity contribution in [3.05, 3.63) is 106 Å². The highest BCUT2D eigenvalue weighted by atomic mass is 79.9. The van der Waals surface area contributed by atoms with E-state index >= 15 is 0 Å². The van der Waals surface area contributed by atoms with E-state index in [2.05, 4.69) is 15.9 Å². The topological polar surface area (TPSA) is 91.8 Å². The predicted octanol–water partition coefficient (Wildman–Crippen LogP) is 5.51. The fourth-order valence-corrected chi connectivity index (χ4v) is 7.40. The van der Waals surface area contributed by atoms with Crippen molar-refractivity contribution in [1.82, 2.24) is 0 Å². The molecule has 3 aromatic carbocycles. The Morgan fingerprint density at radius 3 is 2.31 bits per heavy atom. The number of benzene rings is 3. The molecule has 1 fully saturated rings. The molecule has 0 aromatic heterocycles. The molecule has 192 valence electrons. The standard InChI is InChI=1S/C32H22BrNO5/c33-24-15-26(36)29-23(30(24)37)14-22-20(27(29)19-12-13-25(35)18-9-5-4-8-17(18)19)10-11-21-28(22)32(39)34(31(21)38)16-6-2-1-3-7-16/h1-10,12-13,15,21-22,27-28,35H,11,14H2. The first-order chi connectivity index (χ1) is 18.9. The summed E-state index contributed by atoms with van der Waals surface area (Å²) in [7, 11) is 0. The minimum absolute atomic E-state index is 0.123. The van der Waals surface area contributed by atoms with Crippen LogP contribution in [0, 0.1) is 17.8 Å². The molecule has 7 rings (SSSR count). The lowest BCUT2D eigenvalue weighted by atomic mass is 9.59. The van der Waals surface area contributed by atoms with Crippen LogP contribution in [0.15, 0.2) is 100 Å². The Balaban J connectivity index is 1.43. The van der Waals surface area contributed by atoms with Crippen molar-refractivity contribution >= 4 is 55.8 Å². The number of phenolic OH excluding ortho intramolecular Hbond substituents is 1. The molecule has 4 aliphatic rings. The Morgan fingerprint density at radius 2 is 1.54 bits per heavy atom. The zero-order chi connectivity index (χ0) is 27.0. The number of halogens is 1. The normalized spacial score (nSPS) is 26.3. The van der Waals surface area contributed by atoms with Crippen molar-refractivity contribution in [1.29, 1.82) is 0 Å². The molecular formula is C32H22BrNO5. The van der Waals surface area contributed by atoms with Crippen molar-refractivity contribution in [2.75, 3.05) is 4.90 Å². The minimum atomic E-state index is -0.634. The first-order valence-corrected chi connectivity index (χ1v) is 13.7. The molecule has 1 aliphatic heterocycles. The highest BCUT2D eigenvalue weighted by molar-refractivity contribution is 9.12. The first-order valence-electron chi connectivity index (χ1n) is 12.9. The van der Waals surface area contributed by atoms with E-state index in [1.807, 2.05) is 36.4 Å². The third-order valence-corrected chi connectivity index (χ3v) is 9.18. The lowest BCUT2D eigenvalue weighted by Crippen LogP contribution is -2.39. The number of nitrogens with zero attached hydrogens (tertiary/aromatic N) is 1. The summed E-state index contributed by atoms with van der Waals surface area (Å²) >= 11 is 3.27. The van der Waals surface area contributed by atoms with E-state index in [4.69, 9.17) is 0 Å². The molecule has 39 heavy (non-hydrogen) atoms. The number of phenols is 1. The Kier molecular flexibility index (Phi) is 5.36. The van der Waals surface area contributed by atoms with Crippen LogP contribution in [-0.2, 0) is 19.2 Å². The maximum Gasteiger partial charge on any atom is 0.238 e. The quantitative estimate of drug-likeness (QED) is 0.245. The second-order valence-corrected chi connectivity index (χ2v) is 11.3. The molecule has 0 saturated carbocycles. The van der Waals surface area contributed by atoms with Gasteiger partial charge in [-0.3, -0.25) is 24.1 Å². The highest BCUT2D eigenvalue weighted by Crippen LogP contribution is 2.56. The number of ketones is 2. The Bertz CT molecular complexity index is 1730. The monoisotopic (exact) mass is 579 g/mol. The fourth-order valence-electron chi connectivity index (χ4n) is 6.95. The van der Waals surface area contributed by atoms with E-state index in [1.54, 1.807) is 36.4 Å². The molecule has 0 radical (unpaired) electrons. The lowest BCUT2D eigenvalue weighted by Gasteiger charge is -2.42. The molecule has 4 atom stereocenters. The summed E-state index contributed by atoms with van der Waals surface area (Å²) in [5, 5.41) is 12.0. The second-order valence-electron chi connectivity index (χ2n) is 10.5. The summed E-state index contributed by atoms with van der Waals surface area (Å²) in [6.45, 7) is 0. The maximum absolute atomic E-state index is 13.9. The number of rotatable bonds is 2. The van der Waals surface area contributed by atoms with Gasteiger partial charge in [0.15, 0.2) is 11.6 Å². The van der Waals surface area contributed by atoms with E-state index in [1.165, 1.54) is 11.0 Å². The molecule has 2 amide bonds. The van der Waals surface area contributed by atoms with Gasteiger partial charge in [-0.25, -0.2) is 0 Å². The zero-order valence-corrected chi connectivity index (χ0v) is 22.2. The third kappa shape index (κ3) is 3.39. The number of imide groups is 1. The first kappa shape index (κ1) is 24.0. The average molecular weight is 580 g/mol. The summed E-state index contributed by atoms with van der Waals surface area (Å²) in [5.74, 6) is -3.05. The van der Waals surface area contributed by atoms with Gasteiger partial charge in [0.1, 0.15) is 5.75 Å². The van der Waals surface area contributed by atoms with Crippen molar-refractivity contribution in [2.24, 2.45) is 17.8 Å². The number of allylic oxidation sites excluding steroid dienone is 6. The number of hydrogen-bond donors (Lipinski definition) is 1. The van der Waals surface area contributed by atoms with Gasteiger partial charge in [0, 0.05) is 28.5 Å². The Hall–Kier alpha value is -4.10. The number of para-hydroxylation sites is 1. The molecule has 1 saturated heterocycles. The van der Waals surface area contributed by atoms with Gasteiger partial charge in [-0.05, 0) is 63.8 Å². The number of carbonyl (C=O) groups is 4. The number of amides is 2. The van der Waals surface area contributed by atoms with Crippen LogP contribution in [0.2, 0.25) is 0 Å². The van der Waals surface area contributed by atoms with Gasteiger partial charge >= 0.3 is 0 Å². The summed E-state index contributed by atoms with van der Waals surface area (Å²) in [6.07, 6.45) is 3.92. The van der Waals surface area contributed by atoms with Crippen LogP contribution in [0.25, 0.3) is 10.8 Å². The smallest absolute Gasteiger partial charge is 0.238 e. The molecule has 3 aliphatic carbocycles. The van der Waals surface area contributed by atoms with Crippen LogP contribution in [0.4, 0.5) is 5.69 Å². The van der Waals surface area contributed by atoms with Crippen molar-refractivity contribution in [3.8, 4) is 5.75 Å². The molecule has 4 unspecified atom stereocenters. The molecule has 1 N–H and O–H groups in total. The summed E-state index contributed by atoms with van der Waals surface area (Å²) < 4.78 is 0.195. The van der Waals surface area contributed by atoms with E-state index < -0.39 is 23.7 Å². The van der Waals surface area contributed by atoms with Crippen molar-refractivity contribution < 1.29 is 24.3 Å². The molecule has 0 bridgehead atoms. The molecule has 3 aromatic rings. The number of anilines is 1. The maximum atomic E-state index is 13.9. The van der Waals surface area contributed by atoms with Crippen LogP contribution < -0.4 is 4.90 Å². The highest BCUT2D eigenvalue weighted by Gasteiger charge is 2.56. The number of hydrogen-bond acceptors (Lipinski definition) is 5. The summed E-state index contributed by atoms with van der Waals surface area (Å²) in [4.78, 5) is 55.7. The van der Waals surface area contributed by atoms with E-state index in [0.717, 1.165) is 16.5 Å². The Labute approximate surface area is 232 Å². The molecule has 7 heteroatoms. The average Bonchev–Trinajstić information content (AvgIpc) is 3.21. The van der Waals surface area contributed by atoms with E-state index in [-0.39, 0.29) is 40.0 Å². The number of aromatic hydroxyl groups is 1. The van der Waals surface area contributed by atoms with Crippen molar-refractivity contribution in [2.45, 2.75) is 18.8 Å². The van der Waals surface area contributed by atoms with Gasteiger partial charge in [-0.1, -0.05) is 60.2 Å². The van der Waals surface area contributed by atoms with Gasteiger partial charge in [-0.2, -0.15) is 0 Å². The Morgan fingerprint density at radius 1 is 0.821 bits per heavy atom. The van der Waals surface area contributed by atoms with Gasteiger partial charge in [0.2, 0.25) is 11.8 Å². The zero-order valence-electron chi connectivity index (χ0n) is 20.6. The number of fused-ring (bicyclic) bond motifs is 4. The van der Waals surface area contributed by atoms with Gasteiger partial charge < -0.3 is 5.11 Å². The molecule has 6 nitrogen and oxygen atoms in total. The number of carbonyl (C=O) groups excluding carboxylic acids is 4. The third-order valence-electron chi connectivity index (χ3n) is 8.59. The fraction of sp³-hybridized carbons (Fsp3) is 0.188. The van der Waals surface area contributed by atoms with Gasteiger partial charge in [0.05, 0.1) is 22.0 Å². The van der Waals surface area contributed by atoms with E-state index in [0.29, 0.717) is 28.6 Å². The summed E-state index contributed by atoms with van der Waals surface area (Å²) in [5.41, 5.74) is 3.01. The lowest BCUT2D eigenvalue weighted by molar-refractivity contribution is -0.123. The molecule has 0 spiro atoms. The van der Waals surface area contributed by atoms with E-state index in [9.17, 15) is 24.3 Å². The molecular weight excluding hydrogens is 558 g/mol. The van der Waals surface area contributed by atoms with Crippen molar-refractivity contribution in [3.63, 3.8) is 0 Å². The van der Waals surface area contributed by atoms with Crippen LogP contribution >= 0.6 is 15.9 Å². The predicted molar refractivity (Wildman–Crippen MR) is 149 cm³/mol. The summed E-state index contributed by atoms with van der Waals surface area (Å²) in [6, 6.07) is 19.7. The second kappa shape index (κ2) is 8.71. The van der Waals surface area contributed by atoms with Crippen LogP contribution in [-0.4, -0.2) is 28.5 Å². The molecule has 1 heterocycles. The van der Waals surface area contributed by atoms with Crippen LogP contribution in [0.1, 0.15) is 24.3 Å². The van der Waals surface area contributed by atoms with Crippen LogP contribution in [0.5, 0.6) is 5.75 Å².